The molecule has 0 aromatic carbocycles. The minimum atomic E-state index is -4.53. The Morgan fingerprint density at radius 2 is 1.93 bits per heavy atom. The quantitative estimate of drug-likeness (QED) is 0.356. The van der Waals surface area contributed by atoms with Crippen molar-refractivity contribution in [1.82, 2.24) is 19.9 Å². The molecule has 10 heteroatoms. The summed E-state index contributed by atoms with van der Waals surface area (Å²) in [5.74, 6) is -0.170. The van der Waals surface area contributed by atoms with Crippen molar-refractivity contribution in [2.45, 2.75) is 0 Å². The van der Waals surface area contributed by atoms with E-state index in [0.717, 1.165) is 0 Å². The fourth-order valence-electron chi connectivity index (χ4n) is 1.05. The van der Waals surface area contributed by atoms with Gasteiger partial charge in [-0.2, -0.15) is 4.98 Å². The monoisotopic (exact) mass is 231 g/mol. The van der Waals surface area contributed by atoms with Crippen molar-refractivity contribution in [3.8, 4) is 0 Å². The van der Waals surface area contributed by atoms with Crippen LogP contribution in [0.15, 0.2) is 4.79 Å². The molecule has 15 heavy (non-hydrogen) atoms. The fraction of sp³-hybridized carbons (Fsp3) is 0. The van der Waals surface area contributed by atoms with Crippen LogP contribution in [0, 0.1) is 0 Å². The lowest BCUT2D eigenvalue weighted by molar-refractivity contribution is 0.385. The Bertz CT molecular complexity index is 624. The highest BCUT2D eigenvalue weighted by Crippen LogP contribution is 2.31. The van der Waals surface area contributed by atoms with Crippen LogP contribution in [0.3, 0.4) is 0 Å². The number of aromatic amines is 2. The number of imidazole rings is 1. The summed E-state index contributed by atoms with van der Waals surface area (Å²) in [6.07, 6.45) is 0. The van der Waals surface area contributed by atoms with Gasteiger partial charge in [0.05, 0.1) is 0 Å². The third kappa shape index (κ3) is 1.63. The van der Waals surface area contributed by atoms with Crippen LogP contribution in [-0.2, 0) is 4.57 Å². The normalized spacial score (nSPS) is 12.1. The number of nitrogen functional groups attached to an aromatic ring is 1. The van der Waals surface area contributed by atoms with Crippen LogP contribution in [0.25, 0.3) is 11.2 Å². The zero-order valence-electron chi connectivity index (χ0n) is 7.13. The molecule has 0 aliphatic carbocycles. The molecule has 0 amide bonds. The van der Waals surface area contributed by atoms with Crippen molar-refractivity contribution in [1.29, 1.82) is 0 Å². The van der Waals surface area contributed by atoms with E-state index in [2.05, 4.69) is 19.9 Å². The van der Waals surface area contributed by atoms with Crippen LogP contribution in [0.2, 0.25) is 0 Å². The van der Waals surface area contributed by atoms with E-state index in [9.17, 15) is 9.36 Å². The number of nitrogens with one attached hydrogen (secondary N) is 2. The number of hydrogen-bond donors (Lipinski definition) is 5. The summed E-state index contributed by atoms with van der Waals surface area (Å²) in [5.41, 5.74) is 3.73. The molecule has 0 spiro atoms. The van der Waals surface area contributed by atoms with Gasteiger partial charge in [-0.15, -0.1) is 0 Å². The number of rotatable bonds is 1. The summed E-state index contributed by atoms with van der Waals surface area (Å²) in [6.45, 7) is 0. The first kappa shape index (κ1) is 9.84. The van der Waals surface area contributed by atoms with Gasteiger partial charge in [-0.05, 0) is 0 Å². The maximum atomic E-state index is 11.2. The van der Waals surface area contributed by atoms with Gasteiger partial charge in [-0.3, -0.25) is 14.3 Å². The van der Waals surface area contributed by atoms with E-state index in [-0.39, 0.29) is 17.1 Å². The predicted molar refractivity (Wildman–Crippen MR) is 50.6 cm³/mol. The minimum Gasteiger partial charge on any atom is -0.369 e. The van der Waals surface area contributed by atoms with Crippen LogP contribution in [0.1, 0.15) is 0 Å². The second kappa shape index (κ2) is 2.89. The molecule has 0 fully saturated rings. The van der Waals surface area contributed by atoms with Crippen LogP contribution in [-0.4, -0.2) is 29.7 Å². The standard InChI is InChI=1S/C5H6N5O4P/c6-4-8-2-1(3(11)10-4)7-5(9-2)15(12,13)14/h(H2,12,13,14)(H4,6,7,8,9,10,11). The number of fused-ring (bicyclic) bond motifs is 1. The number of anilines is 1. The molecule has 2 heterocycles. The van der Waals surface area contributed by atoms with E-state index in [1.807, 2.05) is 0 Å². The zero-order chi connectivity index (χ0) is 11.2. The molecule has 2 aromatic rings. The summed E-state index contributed by atoms with van der Waals surface area (Å²) >= 11 is 0. The molecule has 0 radical (unpaired) electrons. The van der Waals surface area contributed by atoms with Gasteiger partial charge < -0.3 is 20.5 Å². The first-order chi connectivity index (χ1) is 6.88. The zero-order valence-corrected chi connectivity index (χ0v) is 8.02. The molecule has 0 saturated heterocycles. The molecule has 9 nitrogen and oxygen atoms in total. The van der Waals surface area contributed by atoms with Crippen molar-refractivity contribution >= 4 is 30.3 Å². The van der Waals surface area contributed by atoms with Crippen LogP contribution >= 0.6 is 7.60 Å². The van der Waals surface area contributed by atoms with E-state index in [4.69, 9.17) is 15.5 Å². The summed E-state index contributed by atoms with van der Waals surface area (Å²) in [6, 6.07) is 0. The lowest BCUT2D eigenvalue weighted by Crippen LogP contribution is -2.11. The summed E-state index contributed by atoms with van der Waals surface area (Å²) < 4.78 is 10.8. The lowest BCUT2D eigenvalue weighted by Gasteiger charge is -1.95. The van der Waals surface area contributed by atoms with Crippen molar-refractivity contribution in [2.24, 2.45) is 0 Å². The molecule has 0 aliphatic heterocycles. The maximum absolute atomic E-state index is 11.2. The fourth-order valence-corrected chi connectivity index (χ4v) is 1.53. The van der Waals surface area contributed by atoms with Crippen molar-refractivity contribution in [3.05, 3.63) is 10.4 Å². The van der Waals surface area contributed by atoms with Gasteiger partial charge in [-0.25, -0.2) is 4.98 Å². The average Bonchev–Trinajstić information content (AvgIpc) is 2.46. The average molecular weight is 231 g/mol. The Morgan fingerprint density at radius 1 is 1.27 bits per heavy atom. The van der Waals surface area contributed by atoms with Gasteiger partial charge >= 0.3 is 7.60 Å². The van der Waals surface area contributed by atoms with Crippen LogP contribution in [0.5, 0.6) is 0 Å². The molecule has 0 aliphatic rings. The third-order valence-corrected chi connectivity index (χ3v) is 2.41. The Morgan fingerprint density at radius 3 is 2.53 bits per heavy atom. The molecule has 0 atom stereocenters. The SMILES string of the molecule is Nc1nc2nc(P(=O)(O)O)[nH]c2c(=O)[nH]1. The summed E-state index contributed by atoms with van der Waals surface area (Å²) in [5, 5.41) is 0. The van der Waals surface area contributed by atoms with Gasteiger partial charge in [0.1, 0.15) is 0 Å². The van der Waals surface area contributed by atoms with Crippen LogP contribution < -0.4 is 16.9 Å². The molecule has 0 bridgehead atoms. The Labute approximate surface area is 81.5 Å². The Kier molecular flexibility index (Phi) is 1.90. The van der Waals surface area contributed by atoms with E-state index in [1.54, 1.807) is 0 Å². The van der Waals surface area contributed by atoms with E-state index < -0.39 is 18.7 Å². The Hall–Kier alpha value is -1.70. The predicted octanol–water partition coefficient (Wildman–Crippen LogP) is -1.97. The van der Waals surface area contributed by atoms with E-state index in [0.29, 0.717) is 0 Å². The van der Waals surface area contributed by atoms with Crippen molar-refractivity contribution in [2.75, 3.05) is 5.73 Å². The molecule has 2 rings (SSSR count). The maximum Gasteiger partial charge on any atom is 0.391 e. The molecule has 0 unspecified atom stereocenters. The number of nitrogens with two attached hydrogens (primary N) is 1. The van der Waals surface area contributed by atoms with E-state index >= 15 is 0 Å². The van der Waals surface area contributed by atoms with E-state index in [1.165, 1.54) is 0 Å². The van der Waals surface area contributed by atoms with Gasteiger partial charge in [0, 0.05) is 0 Å². The van der Waals surface area contributed by atoms with Gasteiger partial charge in [0.2, 0.25) is 11.5 Å². The highest BCUT2D eigenvalue weighted by molar-refractivity contribution is 7.59. The molecule has 6 N–H and O–H groups in total. The van der Waals surface area contributed by atoms with Crippen LogP contribution in [0.4, 0.5) is 5.95 Å². The summed E-state index contributed by atoms with van der Waals surface area (Å²) in [7, 11) is -4.53. The summed E-state index contributed by atoms with van der Waals surface area (Å²) in [4.78, 5) is 40.3. The minimum absolute atomic E-state index is 0.123. The highest BCUT2D eigenvalue weighted by Gasteiger charge is 2.23. The molecular formula is C5H6N5O4P. The largest absolute Gasteiger partial charge is 0.391 e. The number of nitrogens with zero attached hydrogens (tertiary/aromatic N) is 2. The number of hydrogen-bond acceptors (Lipinski definition) is 5. The van der Waals surface area contributed by atoms with Gasteiger partial charge in [-0.1, -0.05) is 0 Å². The second-order valence-electron chi connectivity index (χ2n) is 2.75. The van der Waals surface area contributed by atoms with Gasteiger partial charge in [0.15, 0.2) is 11.2 Å². The second-order valence-corrected chi connectivity index (χ2v) is 4.27. The topological polar surface area (TPSA) is 158 Å². The number of aromatic nitrogens is 4. The van der Waals surface area contributed by atoms with Crippen molar-refractivity contribution < 1.29 is 14.4 Å². The molecular weight excluding hydrogens is 225 g/mol. The highest BCUT2D eigenvalue weighted by atomic mass is 31.2. The third-order valence-electron chi connectivity index (χ3n) is 1.64. The molecule has 80 valence electrons. The first-order valence-electron chi connectivity index (χ1n) is 3.69. The Balaban J connectivity index is 2.83. The van der Waals surface area contributed by atoms with Gasteiger partial charge in [0.25, 0.3) is 5.56 Å². The van der Waals surface area contributed by atoms with Crippen molar-refractivity contribution in [3.63, 3.8) is 0 Å². The smallest absolute Gasteiger partial charge is 0.369 e. The number of H-pyrrole nitrogens is 2. The molecule has 0 saturated carbocycles. The first-order valence-corrected chi connectivity index (χ1v) is 5.31. The molecule has 2 aromatic heterocycles. The lowest BCUT2D eigenvalue weighted by atomic mass is 10.5.